The molecule has 9 heteroatoms. The second kappa shape index (κ2) is 5.93. The fourth-order valence-electron chi connectivity index (χ4n) is 1.36. The van der Waals surface area contributed by atoms with Crippen molar-refractivity contribution in [3.05, 3.63) is 55.9 Å². The van der Waals surface area contributed by atoms with Gasteiger partial charge in [0.25, 0.3) is 11.6 Å². The van der Waals surface area contributed by atoms with Gasteiger partial charge >= 0.3 is 0 Å². The molecule has 0 saturated heterocycles. The van der Waals surface area contributed by atoms with Gasteiger partial charge in [0.2, 0.25) is 0 Å². The first kappa shape index (κ1) is 14.4. The summed E-state index contributed by atoms with van der Waals surface area (Å²) >= 11 is 8.86. The number of nitrogens with zero attached hydrogens (tertiary/aromatic N) is 3. The molecule has 102 valence electrons. The van der Waals surface area contributed by atoms with Gasteiger partial charge in [-0.25, -0.2) is 9.97 Å². The number of nitrogens with one attached hydrogen (secondary N) is 1. The van der Waals surface area contributed by atoms with Crippen LogP contribution < -0.4 is 5.32 Å². The van der Waals surface area contributed by atoms with Crippen LogP contribution in [0.15, 0.2) is 35.2 Å². The highest BCUT2D eigenvalue weighted by molar-refractivity contribution is 9.10. The highest BCUT2D eigenvalue weighted by atomic mass is 79.9. The van der Waals surface area contributed by atoms with Crippen molar-refractivity contribution >= 4 is 44.9 Å². The van der Waals surface area contributed by atoms with Gasteiger partial charge in [0.15, 0.2) is 5.82 Å². The normalized spacial score (nSPS) is 10.1. The lowest BCUT2D eigenvalue weighted by Gasteiger charge is -2.04. The fraction of sp³-hybridized carbons (Fsp3) is 0. The molecule has 0 saturated carbocycles. The minimum atomic E-state index is -0.621. The van der Waals surface area contributed by atoms with Gasteiger partial charge in [0.05, 0.1) is 17.3 Å². The summed E-state index contributed by atoms with van der Waals surface area (Å²) in [6, 6.07) is 3.71. The molecule has 0 radical (unpaired) electrons. The lowest BCUT2D eigenvalue weighted by molar-refractivity contribution is -0.384. The van der Waals surface area contributed by atoms with Crippen LogP contribution >= 0.6 is 27.5 Å². The molecule has 20 heavy (non-hydrogen) atoms. The SMILES string of the molecule is O=C(Nc1cnc(Br)cn1)c1ccc([N+](=O)[O-])c(Cl)c1. The quantitative estimate of drug-likeness (QED) is 0.672. The number of nitro benzene ring substituents is 1. The van der Waals surface area contributed by atoms with Crippen LogP contribution in [-0.4, -0.2) is 20.8 Å². The van der Waals surface area contributed by atoms with E-state index in [0.717, 1.165) is 0 Å². The van der Waals surface area contributed by atoms with Crippen molar-refractivity contribution in [2.75, 3.05) is 5.32 Å². The second-order valence-electron chi connectivity index (χ2n) is 3.60. The van der Waals surface area contributed by atoms with Crippen molar-refractivity contribution < 1.29 is 9.72 Å². The second-order valence-corrected chi connectivity index (χ2v) is 4.82. The number of halogens is 2. The molecule has 0 aliphatic carbocycles. The molecule has 2 aromatic rings. The first-order valence-electron chi connectivity index (χ1n) is 5.20. The molecule has 0 unspecified atom stereocenters. The smallest absolute Gasteiger partial charge is 0.287 e. The molecule has 2 rings (SSSR count). The van der Waals surface area contributed by atoms with Crippen LogP contribution in [0.25, 0.3) is 0 Å². The molecule has 1 heterocycles. The van der Waals surface area contributed by atoms with Crippen LogP contribution in [0.1, 0.15) is 10.4 Å². The molecular formula is C11H6BrClN4O3. The largest absolute Gasteiger partial charge is 0.305 e. The molecule has 7 nitrogen and oxygen atoms in total. The molecule has 1 N–H and O–H groups in total. The molecule has 0 bridgehead atoms. The number of hydrogen-bond acceptors (Lipinski definition) is 5. The molecule has 1 amide bonds. The summed E-state index contributed by atoms with van der Waals surface area (Å²) in [5.41, 5.74) is -0.0723. The van der Waals surface area contributed by atoms with Crippen LogP contribution in [0, 0.1) is 10.1 Å². The summed E-state index contributed by atoms with van der Waals surface area (Å²) < 4.78 is 0.536. The summed E-state index contributed by atoms with van der Waals surface area (Å²) in [5.74, 6) is -0.230. The molecule has 0 aliphatic rings. The monoisotopic (exact) mass is 356 g/mol. The van der Waals surface area contributed by atoms with Gasteiger partial charge in [0, 0.05) is 11.6 Å². The van der Waals surface area contributed by atoms with E-state index in [9.17, 15) is 14.9 Å². The van der Waals surface area contributed by atoms with E-state index in [4.69, 9.17) is 11.6 Å². The number of carbonyl (C=O) groups is 1. The van der Waals surface area contributed by atoms with Gasteiger partial charge in [-0.2, -0.15) is 0 Å². The number of aromatic nitrogens is 2. The van der Waals surface area contributed by atoms with Crippen molar-refractivity contribution in [2.45, 2.75) is 0 Å². The lowest BCUT2D eigenvalue weighted by atomic mass is 10.2. The van der Waals surface area contributed by atoms with Crippen LogP contribution in [0.2, 0.25) is 5.02 Å². The van der Waals surface area contributed by atoms with Gasteiger partial charge < -0.3 is 5.32 Å². The summed E-state index contributed by atoms with van der Waals surface area (Å²) in [5, 5.41) is 13.0. The average Bonchev–Trinajstić information content (AvgIpc) is 2.40. The predicted molar refractivity (Wildman–Crippen MR) is 75.8 cm³/mol. The number of benzene rings is 1. The first-order valence-corrected chi connectivity index (χ1v) is 6.37. The molecule has 0 spiro atoms. The van der Waals surface area contributed by atoms with Crippen LogP contribution in [0.5, 0.6) is 0 Å². The van der Waals surface area contributed by atoms with Crippen LogP contribution in [-0.2, 0) is 0 Å². The third kappa shape index (κ3) is 3.28. The van der Waals surface area contributed by atoms with Gasteiger partial charge in [-0.05, 0) is 28.1 Å². The van der Waals surface area contributed by atoms with Gasteiger partial charge in [0.1, 0.15) is 9.63 Å². The number of anilines is 1. The van der Waals surface area contributed by atoms with E-state index in [2.05, 4.69) is 31.2 Å². The fourth-order valence-corrected chi connectivity index (χ4v) is 1.82. The zero-order valence-corrected chi connectivity index (χ0v) is 12.1. The zero-order valence-electron chi connectivity index (χ0n) is 9.71. The minimum Gasteiger partial charge on any atom is -0.305 e. The Balaban J connectivity index is 2.19. The maximum absolute atomic E-state index is 11.9. The summed E-state index contributed by atoms with van der Waals surface area (Å²) in [6.45, 7) is 0. The Hall–Kier alpha value is -2.06. The van der Waals surface area contributed by atoms with Gasteiger partial charge in [-0.1, -0.05) is 11.6 Å². The van der Waals surface area contributed by atoms with Crippen molar-refractivity contribution in [3.63, 3.8) is 0 Å². The van der Waals surface area contributed by atoms with Gasteiger partial charge in [-0.15, -0.1) is 0 Å². The minimum absolute atomic E-state index is 0.107. The van der Waals surface area contributed by atoms with Crippen molar-refractivity contribution in [3.8, 4) is 0 Å². The topological polar surface area (TPSA) is 98.0 Å². The zero-order chi connectivity index (χ0) is 14.7. The summed E-state index contributed by atoms with van der Waals surface area (Å²) in [7, 11) is 0. The maximum Gasteiger partial charge on any atom is 0.287 e. The van der Waals surface area contributed by atoms with Crippen molar-refractivity contribution in [1.29, 1.82) is 0 Å². The Labute approximate surface area is 126 Å². The van der Waals surface area contributed by atoms with Crippen molar-refractivity contribution in [1.82, 2.24) is 9.97 Å². The van der Waals surface area contributed by atoms with Crippen molar-refractivity contribution in [2.24, 2.45) is 0 Å². The van der Waals surface area contributed by atoms with E-state index in [1.54, 1.807) is 0 Å². The molecule has 1 aromatic carbocycles. The van der Waals surface area contributed by atoms with Crippen LogP contribution in [0.3, 0.4) is 0 Å². The number of nitro groups is 1. The molecule has 0 aliphatic heterocycles. The molecule has 0 atom stereocenters. The van der Waals surface area contributed by atoms with Crippen LogP contribution in [0.4, 0.5) is 11.5 Å². The van der Waals surface area contributed by atoms with Gasteiger partial charge in [-0.3, -0.25) is 14.9 Å². The Morgan fingerprint density at radius 1 is 1.35 bits per heavy atom. The lowest BCUT2D eigenvalue weighted by Crippen LogP contribution is -2.13. The first-order chi connectivity index (χ1) is 9.47. The Morgan fingerprint density at radius 2 is 2.10 bits per heavy atom. The number of carbonyl (C=O) groups excluding carboxylic acids is 1. The maximum atomic E-state index is 11.9. The number of amides is 1. The third-order valence-corrected chi connectivity index (χ3v) is 2.98. The average molecular weight is 358 g/mol. The molecule has 0 fully saturated rings. The molecule has 1 aromatic heterocycles. The standard InChI is InChI=1S/C11H6BrClN4O3/c12-9-4-15-10(5-14-9)16-11(18)6-1-2-8(17(19)20)7(13)3-6/h1-5H,(H,15,16,18). The Kier molecular flexibility index (Phi) is 4.26. The van der Waals surface area contributed by atoms with E-state index in [-0.39, 0.29) is 22.1 Å². The Bertz CT molecular complexity index is 678. The third-order valence-electron chi connectivity index (χ3n) is 2.27. The highest BCUT2D eigenvalue weighted by Gasteiger charge is 2.15. The molecular weight excluding hydrogens is 352 g/mol. The van der Waals surface area contributed by atoms with E-state index in [1.807, 2.05) is 0 Å². The number of rotatable bonds is 3. The number of hydrogen-bond donors (Lipinski definition) is 1. The van der Waals surface area contributed by atoms with E-state index in [1.165, 1.54) is 30.6 Å². The summed E-state index contributed by atoms with van der Waals surface area (Å²) in [6.07, 6.45) is 2.80. The Morgan fingerprint density at radius 3 is 2.65 bits per heavy atom. The van der Waals surface area contributed by atoms with E-state index < -0.39 is 10.8 Å². The predicted octanol–water partition coefficient (Wildman–Crippen LogP) is 3.05. The summed E-state index contributed by atoms with van der Waals surface area (Å²) in [4.78, 5) is 29.8. The highest BCUT2D eigenvalue weighted by Crippen LogP contribution is 2.25. The van der Waals surface area contributed by atoms with E-state index >= 15 is 0 Å². The van der Waals surface area contributed by atoms with E-state index in [0.29, 0.717) is 4.60 Å².